The Morgan fingerprint density at radius 1 is 1.04 bits per heavy atom. The van der Waals surface area contributed by atoms with E-state index < -0.39 is 6.10 Å². The number of aromatic nitrogens is 1. The number of aliphatic hydroxyl groups is 1. The van der Waals surface area contributed by atoms with E-state index in [1.54, 1.807) is 16.8 Å². The van der Waals surface area contributed by atoms with Crippen molar-refractivity contribution in [2.45, 2.75) is 19.3 Å². The van der Waals surface area contributed by atoms with Crippen LogP contribution >= 0.6 is 0 Å². The Morgan fingerprint density at radius 3 is 2.12 bits per heavy atom. The third kappa shape index (κ3) is 3.92. The summed E-state index contributed by atoms with van der Waals surface area (Å²) in [5.74, 6) is 0.238. The zero-order valence-electron chi connectivity index (χ0n) is 14.4. The Hall–Kier alpha value is -3.11. The van der Waals surface area contributed by atoms with Gasteiger partial charge < -0.3 is 14.4 Å². The first kappa shape index (κ1) is 17.7. The summed E-state index contributed by atoms with van der Waals surface area (Å²) in [6.45, 7) is 3.98. The number of hydrogen-bond acceptors (Lipinski definition) is 3. The lowest BCUT2D eigenvalue weighted by atomic mass is 10.0. The van der Waals surface area contributed by atoms with Gasteiger partial charge in [0.2, 0.25) is 5.43 Å². The fraction of sp³-hybridized carbons (Fsp3) is 0.136. The predicted octanol–water partition coefficient (Wildman–Crippen LogP) is 3.70. The van der Waals surface area contributed by atoms with E-state index in [1.165, 1.54) is 6.07 Å². The van der Waals surface area contributed by atoms with Gasteiger partial charge in [-0.15, -0.1) is 6.58 Å². The largest absolute Gasteiger partial charge is 0.475 e. The second kappa shape index (κ2) is 8.32. The highest BCUT2D eigenvalue weighted by Gasteiger charge is 2.18. The fourth-order valence-electron chi connectivity index (χ4n) is 2.84. The Kier molecular flexibility index (Phi) is 5.66. The maximum atomic E-state index is 12.5. The predicted molar refractivity (Wildman–Crippen MR) is 102 cm³/mol. The molecular formula is C22H21NO3. The lowest BCUT2D eigenvalue weighted by Gasteiger charge is -2.21. The Bertz CT molecular complexity index is 878. The van der Waals surface area contributed by atoms with Gasteiger partial charge in [-0.05, 0) is 11.1 Å². The number of ether oxygens (including phenoxy) is 1. The first-order valence-electron chi connectivity index (χ1n) is 8.44. The van der Waals surface area contributed by atoms with Gasteiger partial charge in [-0.2, -0.15) is 0 Å². The van der Waals surface area contributed by atoms with E-state index in [2.05, 4.69) is 6.58 Å². The Morgan fingerprint density at radius 2 is 1.62 bits per heavy atom. The molecule has 4 nitrogen and oxygen atoms in total. The van der Waals surface area contributed by atoms with Gasteiger partial charge in [-0.3, -0.25) is 4.79 Å². The number of rotatable bonds is 7. The van der Waals surface area contributed by atoms with Crippen LogP contribution in [0.1, 0.15) is 22.9 Å². The SMILES string of the molecule is C=CCn1cc(OC(c2ccccc2)c2ccccc2)c(=O)cc1CO. The minimum Gasteiger partial charge on any atom is -0.475 e. The van der Waals surface area contributed by atoms with E-state index in [1.807, 2.05) is 60.7 Å². The molecule has 1 aromatic heterocycles. The summed E-state index contributed by atoms with van der Waals surface area (Å²) >= 11 is 0. The van der Waals surface area contributed by atoms with Gasteiger partial charge in [-0.25, -0.2) is 0 Å². The summed E-state index contributed by atoms with van der Waals surface area (Å²) in [7, 11) is 0. The van der Waals surface area contributed by atoms with Gasteiger partial charge in [0.05, 0.1) is 12.8 Å². The standard InChI is InChI=1S/C22H21NO3/c1-2-13-23-15-21(20(25)14-19(23)16-24)26-22(17-9-5-3-6-10-17)18-11-7-4-8-12-18/h2-12,14-15,22,24H,1,13,16H2. The number of pyridine rings is 1. The topological polar surface area (TPSA) is 51.5 Å². The molecule has 0 unspecified atom stereocenters. The lowest BCUT2D eigenvalue weighted by Crippen LogP contribution is -2.18. The smallest absolute Gasteiger partial charge is 0.223 e. The number of aliphatic hydroxyl groups excluding tert-OH is 1. The third-order valence-corrected chi connectivity index (χ3v) is 4.12. The van der Waals surface area contributed by atoms with Crippen LogP contribution in [0.2, 0.25) is 0 Å². The molecule has 0 spiro atoms. The molecule has 0 bridgehead atoms. The first-order valence-corrected chi connectivity index (χ1v) is 8.44. The average Bonchev–Trinajstić information content (AvgIpc) is 2.69. The summed E-state index contributed by atoms with van der Waals surface area (Å²) in [5.41, 5.74) is 2.18. The van der Waals surface area contributed by atoms with Crippen LogP contribution in [0.15, 0.2) is 90.4 Å². The van der Waals surface area contributed by atoms with Crippen LogP contribution in [0.25, 0.3) is 0 Å². The van der Waals surface area contributed by atoms with E-state index in [4.69, 9.17) is 4.74 Å². The van der Waals surface area contributed by atoms with Gasteiger partial charge in [0.15, 0.2) is 5.75 Å². The van der Waals surface area contributed by atoms with Gasteiger partial charge in [0, 0.05) is 18.3 Å². The van der Waals surface area contributed by atoms with Crippen LogP contribution in [0.4, 0.5) is 0 Å². The summed E-state index contributed by atoms with van der Waals surface area (Å²) in [5, 5.41) is 9.46. The van der Waals surface area contributed by atoms with E-state index in [-0.39, 0.29) is 17.8 Å². The molecular weight excluding hydrogens is 326 g/mol. The summed E-state index contributed by atoms with van der Waals surface area (Å²) < 4.78 is 7.92. The molecule has 0 atom stereocenters. The maximum Gasteiger partial charge on any atom is 0.223 e. The lowest BCUT2D eigenvalue weighted by molar-refractivity contribution is 0.239. The van der Waals surface area contributed by atoms with Crippen molar-refractivity contribution in [2.75, 3.05) is 0 Å². The van der Waals surface area contributed by atoms with Crippen molar-refractivity contribution in [1.82, 2.24) is 4.57 Å². The highest BCUT2D eigenvalue weighted by Crippen LogP contribution is 2.27. The molecule has 26 heavy (non-hydrogen) atoms. The molecule has 132 valence electrons. The second-order valence-corrected chi connectivity index (χ2v) is 5.91. The Balaban J connectivity index is 2.04. The monoisotopic (exact) mass is 347 g/mol. The van der Waals surface area contributed by atoms with Crippen LogP contribution in [0.5, 0.6) is 5.75 Å². The van der Waals surface area contributed by atoms with Gasteiger partial charge in [-0.1, -0.05) is 66.7 Å². The van der Waals surface area contributed by atoms with E-state index >= 15 is 0 Å². The van der Waals surface area contributed by atoms with E-state index in [0.29, 0.717) is 12.2 Å². The van der Waals surface area contributed by atoms with Gasteiger partial charge >= 0.3 is 0 Å². The van der Waals surface area contributed by atoms with Gasteiger partial charge in [0.25, 0.3) is 0 Å². The summed E-state index contributed by atoms with van der Waals surface area (Å²) in [6.07, 6.45) is 2.94. The van der Waals surface area contributed by atoms with Crippen LogP contribution in [-0.2, 0) is 13.2 Å². The molecule has 0 aliphatic rings. The zero-order valence-corrected chi connectivity index (χ0v) is 14.4. The fourth-order valence-corrected chi connectivity index (χ4v) is 2.84. The number of nitrogens with zero attached hydrogens (tertiary/aromatic N) is 1. The summed E-state index contributed by atoms with van der Waals surface area (Å²) in [4.78, 5) is 12.5. The van der Waals surface area contributed by atoms with Crippen molar-refractivity contribution in [3.05, 3.63) is 113 Å². The average molecular weight is 347 g/mol. The Labute approximate surface area is 152 Å². The maximum absolute atomic E-state index is 12.5. The molecule has 4 heteroatoms. The molecule has 0 aliphatic heterocycles. The van der Waals surface area contributed by atoms with Crippen molar-refractivity contribution in [2.24, 2.45) is 0 Å². The van der Waals surface area contributed by atoms with E-state index in [0.717, 1.165) is 11.1 Å². The molecule has 3 aromatic rings. The van der Waals surface area contributed by atoms with Crippen LogP contribution < -0.4 is 10.2 Å². The van der Waals surface area contributed by atoms with Crippen molar-refractivity contribution in [1.29, 1.82) is 0 Å². The van der Waals surface area contributed by atoms with Crippen molar-refractivity contribution >= 4 is 0 Å². The minimum atomic E-state index is -0.401. The van der Waals surface area contributed by atoms with E-state index in [9.17, 15) is 9.90 Å². The number of allylic oxidation sites excluding steroid dienone is 1. The second-order valence-electron chi connectivity index (χ2n) is 5.91. The van der Waals surface area contributed by atoms with Crippen LogP contribution in [-0.4, -0.2) is 9.67 Å². The molecule has 0 radical (unpaired) electrons. The first-order chi connectivity index (χ1) is 12.7. The molecule has 1 heterocycles. The minimum absolute atomic E-state index is 0.218. The molecule has 2 aromatic carbocycles. The zero-order chi connectivity index (χ0) is 18.4. The molecule has 0 saturated carbocycles. The van der Waals surface area contributed by atoms with Crippen LogP contribution in [0.3, 0.4) is 0 Å². The molecule has 0 amide bonds. The highest BCUT2D eigenvalue weighted by atomic mass is 16.5. The molecule has 0 fully saturated rings. The molecule has 0 aliphatic carbocycles. The van der Waals surface area contributed by atoms with Crippen molar-refractivity contribution in [3.8, 4) is 5.75 Å². The van der Waals surface area contributed by atoms with Crippen molar-refractivity contribution in [3.63, 3.8) is 0 Å². The number of benzene rings is 2. The highest BCUT2D eigenvalue weighted by molar-refractivity contribution is 5.33. The molecule has 1 N–H and O–H groups in total. The summed E-state index contributed by atoms with van der Waals surface area (Å²) in [6, 6.07) is 21.0. The van der Waals surface area contributed by atoms with Gasteiger partial charge in [0.1, 0.15) is 6.10 Å². The third-order valence-electron chi connectivity index (χ3n) is 4.12. The molecule has 0 saturated heterocycles. The number of hydrogen-bond donors (Lipinski definition) is 1. The normalized spacial score (nSPS) is 10.7. The molecule has 3 rings (SSSR count). The van der Waals surface area contributed by atoms with Crippen molar-refractivity contribution < 1.29 is 9.84 Å². The van der Waals surface area contributed by atoms with Crippen LogP contribution in [0, 0.1) is 0 Å². The quantitative estimate of drug-likeness (QED) is 0.663.